The number of carbonyl (C=O) groups excluding carboxylic acids is 2. The summed E-state index contributed by atoms with van der Waals surface area (Å²) in [7, 11) is 1.55. The summed E-state index contributed by atoms with van der Waals surface area (Å²) in [6.07, 6.45) is -8.69. The van der Waals surface area contributed by atoms with E-state index in [2.05, 4.69) is 27.4 Å². The Bertz CT molecular complexity index is 1100. The Kier molecular flexibility index (Phi) is 16.5. The van der Waals surface area contributed by atoms with Crippen molar-refractivity contribution in [2.75, 3.05) is 58.2 Å². The van der Waals surface area contributed by atoms with E-state index < -0.39 is 42.5 Å². The molecular formula is C27H38ClF6N5O7. The molecule has 19 heteroatoms. The average molecular weight is 694 g/mol. The number of benzene rings is 1. The highest BCUT2D eigenvalue weighted by Crippen LogP contribution is 2.20. The number of hydrogen-bond donors (Lipinski definition) is 4. The topological polar surface area (TPSA) is 152 Å². The average Bonchev–Trinajstić information content (AvgIpc) is 3.00. The molecule has 1 aromatic rings. The molecule has 0 aromatic heterocycles. The molecule has 0 aliphatic carbocycles. The van der Waals surface area contributed by atoms with Crippen LogP contribution in [0.2, 0.25) is 5.02 Å². The Hall–Kier alpha value is -3.35. The van der Waals surface area contributed by atoms with Gasteiger partial charge in [-0.3, -0.25) is 9.69 Å². The maximum atomic E-state index is 13.3. The van der Waals surface area contributed by atoms with Crippen molar-refractivity contribution in [2.45, 2.75) is 57.2 Å². The van der Waals surface area contributed by atoms with Crippen LogP contribution in [-0.2, 0) is 19.1 Å². The number of aliphatic carboxylic acids is 2. The van der Waals surface area contributed by atoms with Crippen LogP contribution in [0.25, 0.3) is 0 Å². The number of anilines is 1. The number of amides is 3. The lowest BCUT2D eigenvalue weighted by Gasteiger charge is -2.43. The van der Waals surface area contributed by atoms with Crippen molar-refractivity contribution >= 4 is 41.2 Å². The maximum Gasteiger partial charge on any atom is 0.490 e. The summed E-state index contributed by atoms with van der Waals surface area (Å²) in [4.78, 5) is 50.5. The van der Waals surface area contributed by atoms with Gasteiger partial charge in [-0.2, -0.15) is 26.3 Å². The third kappa shape index (κ3) is 14.4. The number of likely N-dealkylation sites (tertiary alicyclic amines) is 1. The quantitative estimate of drug-likeness (QED) is 0.313. The number of piperidine rings is 1. The number of piperazine rings is 1. The van der Waals surface area contributed by atoms with Crippen molar-refractivity contribution in [3.8, 4) is 0 Å². The van der Waals surface area contributed by atoms with Gasteiger partial charge >= 0.3 is 30.3 Å². The van der Waals surface area contributed by atoms with Crippen LogP contribution in [0.4, 0.5) is 36.8 Å². The van der Waals surface area contributed by atoms with Crippen LogP contribution in [0.5, 0.6) is 0 Å². The van der Waals surface area contributed by atoms with E-state index in [1.165, 1.54) is 0 Å². The van der Waals surface area contributed by atoms with E-state index >= 15 is 0 Å². The Morgan fingerprint density at radius 3 is 1.76 bits per heavy atom. The second-order valence-corrected chi connectivity index (χ2v) is 10.6. The second kappa shape index (κ2) is 18.7. The summed E-state index contributed by atoms with van der Waals surface area (Å²) in [5, 5.41) is 20.4. The Morgan fingerprint density at radius 1 is 0.913 bits per heavy atom. The minimum Gasteiger partial charge on any atom is -0.475 e. The molecule has 262 valence electrons. The van der Waals surface area contributed by atoms with Crippen LogP contribution in [0.15, 0.2) is 24.3 Å². The van der Waals surface area contributed by atoms with E-state index in [4.69, 9.17) is 36.1 Å². The summed E-state index contributed by atoms with van der Waals surface area (Å²) in [6, 6.07) is 6.15. The first kappa shape index (κ1) is 40.7. The van der Waals surface area contributed by atoms with Gasteiger partial charge in [-0.25, -0.2) is 14.4 Å². The van der Waals surface area contributed by atoms with E-state index in [-0.39, 0.29) is 5.91 Å². The Labute approximate surface area is 266 Å². The van der Waals surface area contributed by atoms with Gasteiger partial charge in [-0.15, -0.1) is 0 Å². The molecule has 2 fully saturated rings. The summed E-state index contributed by atoms with van der Waals surface area (Å²) in [5.41, 5.74) is 0.604. The number of nitrogens with one attached hydrogen (secondary N) is 2. The van der Waals surface area contributed by atoms with Gasteiger partial charge in [-0.1, -0.05) is 18.5 Å². The molecule has 2 aliphatic rings. The fourth-order valence-electron chi connectivity index (χ4n) is 4.45. The Morgan fingerprint density at radius 2 is 1.37 bits per heavy atom. The van der Waals surface area contributed by atoms with Gasteiger partial charge < -0.3 is 35.4 Å². The number of alkyl halides is 6. The fraction of sp³-hybridized carbons (Fsp3) is 0.630. The largest absolute Gasteiger partial charge is 0.490 e. The SMILES string of the molecule is CCN1CCN(C2CCN(C(=O)[C@H](NC(=O)Nc3ccc(Cl)cc3)[C@@H](C)OC)CC2)CC1.O=C(O)C(F)(F)F.O=C(O)C(F)(F)F. The van der Waals surface area contributed by atoms with Crippen LogP contribution in [0.3, 0.4) is 0 Å². The van der Waals surface area contributed by atoms with Gasteiger partial charge in [0.2, 0.25) is 5.91 Å². The third-order valence-corrected chi connectivity index (χ3v) is 7.38. The smallest absolute Gasteiger partial charge is 0.475 e. The number of nitrogens with zero attached hydrogens (tertiary/aromatic N) is 3. The van der Waals surface area contributed by atoms with E-state index in [1.54, 1.807) is 38.3 Å². The number of carboxylic acid groups (broad SMARTS) is 2. The molecule has 2 aliphatic heterocycles. The maximum absolute atomic E-state index is 13.3. The molecular weight excluding hydrogens is 656 g/mol. The van der Waals surface area contributed by atoms with Crippen molar-refractivity contribution in [2.24, 2.45) is 0 Å². The summed E-state index contributed by atoms with van der Waals surface area (Å²) < 4.78 is 68.9. The summed E-state index contributed by atoms with van der Waals surface area (Å²) in [5.74, 6) is -5.61. The van der Waals surface area contributed by atoms with Gasteiger partial charge in [0.1, 0.15) is 6.04 Å². The number of urea groups is 1. The van der Waals surface area contributed by atoms with E-state index in [0.29, 0.717) is 29.8 Å². The highest BCUT2D eigenvalue weighted by Gasteiger charge is 2.39. The molecule has 2 atom stereocenters. The number of ether oxygens (including phenoxy) is 1. The molecule has 12 nitrogen and oxygen atoms in total. The molecule has 0 spiro atoms. The monoisotopic (exact) mass is 693 g/mol. The van der Waals surface area contributed by atoms with Gasteiger partial charge in [0.15, 0.2) is 0 Å². The fourth-order valence-corrected chi connectivity index (χ4v) is 4.58. The highest BCUT2D eigenvalue weighted by molar-refractivity contribution is 6.30. The zero-order valence-corrected chi connectivity index (χ0v) is 26.1. The first-order valence-corrected chi connectivity index (χ1v) is 14.4. The number of rotatable bonds is 7. The van der Waals surface area contributed by atoms with Crippen LogP contribution in [0, 0.1) is 0 Å². The van der Waals surface area contributed by atoms with Crippen LogP contribution in [-0.4, -0.2) is 132 Å². The second-order valence-electron chi connectivity index (χ2n) is 10.2. The van der Waals surface area contributed by atoms with Crippen LogP contribution >= 0.6 is 11.6 Å². The number of hydrogen-bond acceptors (Lipinski definition) is 7. The number of halogens is 7. The minimum atomic E-state index is -5.08. The summed E-state index contributed by atoms with van der Waals surface area (Å²) in [6.45, 7) is 11.0. The normalized spacial score (nSPS) is 17.7. The zero-order chi connectivity index (χ0) is 35.2. The lowest BCUT2D eigenvalue weighted by Crippen LogP contribution is -2.58. The number of carboxylic acids is 2. The van der Waals surface area contributed by atoms with Crippen molar-refractivity contribution in [3.63, 3.8) is 0 Å². The Balaban J connectivity index is 0.000000629. The van der Waals surface area contributed by atoms with Crippen molar-refractivity contribution in [1.82, 2.24) is 20.0 Å². The first-order valence-electron chi connectivity index (χ1n) is 14.0. The highest BCUT2D eigenvalue weighted by atomic mass is 35.5. The molecule has 0 radical (unpaired) electrons. The predicted octanol–water partition coefficient (Wildman–Crippen LogP) is 3.76. The van der Waals surface area contributed by atoms with E-state index in [1.807, 2.05) is 4.90 Å². The molecule has 4 N–H and O–H groups in total. The molecule has 0 bridgehead atoms. The van der Waals surface area contributed by atoms with E-state index in [0.717, 1.165) is 45.6 Å². The standard InChI is InChI=1S/C23H36ClN5O3.2C2HF3O2/c1-4-27-13-15-28(16-14-27)20-9-11-29(12-10-20)22(30)21(17(2)32-3)26-23(31)25-19-7-5-18(24)6-8-19;2*3-2(4,5)1(6)7/h5-8,17,20-21H,4,9-16H2,1-3H3,(H2,25,26,31);2*(H,6,7)/t17-,21-;;/m1../s1. The van der Waals surface area contributed by atoms with Crippen molar-refractivity contribution in [3.05, 3.63) is 29.3 Å². The van der Waals surface area contributed by atoms with Crippen molar-refractivity contribution < 1.29 is 60.5 Å². The predicted molar refractivity (Wildman–Crippen MR) is 155 cm³/mol. The third-order valence-electron chi connectivity index (χ3n) is 7.13. The first-order chi connectivity index (χ1) is 21.3. The van der Waals surface area contributed by atoms with Crippen LogP contribution < -0.4 is 10.6 Å². The number of likely N-dealkylation sites (N-methyl/N-ethyl adjacent to an activating group) is 1. The molecule has 2 saturated heterocycles. The molecule has 1 aromatic carbocycles. The molecule has 0 unspecified atom stereocenters. The minimum absolute atomic E-state index is 0.0974. The molecule has 0 saturated carbocycles. The lowest BCUT2D eigenvalue weighted by molar-refractivity contribution is -0.193. The summed E-state index contributed by atoms with van der Waals surface area (Å²) >= 11 is 5.89. The molecule has 2 heterocycles. The number of methoxy groups -OCH3 is 1. The lowest BCUT2D eigenvalue weighted by atomic mass is 10.0. The number of carbonyl (C=O) groups is 4. The van der Waals surface area contributed by atoms with Gasteiger partial charge in [0, 0.05) is 63.1 Å². The molecule has 3 amide bonds. The van der Waals surface area contributed by atoms with Crippen LogP contribution in [0.1, 0.15) is 26.7 Å². The molecule has 46 heavy (non-hydrogen) atoms. The van der Waals surface area contributed by atoms with Crippen molar-refractivity contribution in [1.29, 1.82) is 0 Å². The van der Waals surface area contributed by atoms with Gasteiger partial charge in [-0.05, 0) is 50.6 Å². The van der Waals surface area contributed by atoms with Gasteiger partial charge in [0.05, 0.1) is 6.10 Å². The zero-order valence-electron chi connectivity index (χ0n) is 25.3. The van der Waals surface area contributed by atoms with E-state index in [9.17, 15) is 35.9 Å². The van der Waals surface area contributed by atoms with Gasteiger partial charge in [0.25, 0.3) is 0 Å². The molecule has 3 rings (SSSR count).